The molecule has 0 saturated heterocycles. The molecule has 0 fully saturated rings. The highest BCUT2D eigenvalue weighted by Crippen LogP contribution is 2.17. The van der Waals surface area contributed by atoms with Gasteiger partial charge >= 0.3 is 17.9 Å². The molecule has 0 aliphatic heterocycles. The molecule has 0 saturated carbocycles. The standard InChI is InChI=1S/C72H124O6/c1-4-7-10-13-16-19-22-25-27-29-31-33-34-35-36-37-38-40-41-43-45-47-50-53-56-59-62-65-71(74)77-68-69(67-76-70(73)64-61-58-55-52-49-24-21-18-15-12-9-6-3)78-72(75)66-63-60-57-54-51-48-46-44-42-39-32-30-28-26-23-20-17-14-11-8-5-2/h7,10,16,18-19,21,25,27,31,33,35-36,38,40,43,45,69H,4-6,8-9,11-15,17,20,22-24,26,28-30,32,34,37,39,41-42,44,46-68H2,1-3H3/b10-7-,19-16-,21-18-,27-25-,33-31-,36-35-,40-38-,45-43-. The van der Waals surface area contributed by atoms with Gasteiger partial charge in [0.2, 0.25) is 0 Å². The number of hydrogen-bond donors (Lipinski definition) is 0. The summed E-state index contributed by atoms with van der Waals surface area (Å²) in [6, 6.07) is 0. The van der Waals surface area contributed by atoms with Gasteiger partial charge in [0.05, 0.1) is 0 Å². The highest BCUT2D eigenvalue weighted by atomic mass is 16.6. The smallest absolute Gasteiger partial charge is 0.306 e. The first kappa shape index (κ1) is 74.3. The van der Waals surface area contributed by atoms with Crippen LogP contribution < -0.4 is 0 Å². The van der Waals surface area contributed by atoms with Crippen molar-refractivity contribution in [2.24, 2.45) is 0 Å². The van der Waals surface area contributed by atoms with Crippen molar-refractivity contribution >= 4 is 17.9 Å². The average Bonchev–Trinajstić information content (AvgIpc) is 3.44. The van der Waals surface area contributed by atoms with E-state index in [-0.39, 0.29) is 31.1 Å². The van der Waals surface area contributed by atoms with Gasteiger partial charge < -0.3 is 14.2 Å². The summed E-state index contributed by atoms with van der Waals surface area (Å²) < 4.78 is 16.9. The Kier molecular flexibility index (Phi) is 62.7. The summed E-state index contributed by atoms with van der Waals surface area (Å²) in [6.07, 6.45) is 88.5. The molecule has 0 spiro atoms. The molecule has 0 heterocycles. The second kappa shape index (κ2) is 65.8. The molecule has 0 radical (unpaired) electrons. The van der Waals surface area contributed by atoms with Gasteiger partial charge in [-0.25, -0.2) is 0 Å². The first-order valence-corrected chi connectivity index (χ1v) is 33.2. The van der Waals surface area contributed by atoms with E-state index < -0.39 is 6.10 Å². The van der Waals surface area contributed by atoms with Crippen LogP contribution in [0.5, 0.6) is 0 Å². The Morgan fingerprint density at radius 2 is 0.500 bits per heavy atom. The SMILES string of the molecule is CC/C=C\C/C=C\C/C=C\C/C=C\C/C=C\C/C=C\C/C=C\CCCCCCCC(=O)OCC(COC(=O)CCCCCCC/C=C\CCCCC)OC(=O)CCCCCCCCCCCCCCCCCCCCCCC. The van der Waals surface area contributed by atoms with Crippen LogP contribution in [0.3, 0.4) is 0 Å². The maximum Gasteiger partial charge on any atom is 0.306 e. The van der Waals surface area contributed by atoms with Gasteiger partial charge in [0.1, 0.15) is 13.2 Å². The van der Waals surface area contributed by atoms with Crippen molar-refractivity contribution < 1.29 is 28.6 Å². The first-order chi connectivity index (χ1) is 38.5. The summed E-state index contributed by atoms with van der Waals surface area (Å²) in [4.78, 5) is 38.3. The molecular weight excluding hydrogens is 961 g/mol. The van der Waals surface area contributed by atoms with E-state index in [0.29, 0.717) is 19.3 Å². The number of allylic oxidation sites excluding steroid dienone is 16. The van der Waals surface area contributed by atoms with Crippen molar-refractivity contribution in [1.82, 2.24) is 0 Å². The van der Waals surface area contributed by atoms with Crippen molar-refractivity contribution in [3.05, 3.63) is 97.2 Å². The molecule has 1 unspecified atom stereocenters. The molecule has 1 atom stereocenters. The van der Waals surface area contributed by atoms with Gasteiger partial charge in [-0.15, -0.1) is 0 Å². The third-order valence-corrected chi connectivity index (χ3v) is 14.3. The molecule has 0 aromatic carbocycles. The minimum Gasteiger partial charge on any atom is -0.462 e. The Bertz CT molecular complexity index is 1530. The average molecular weight is 1090 g/mol. The quantitative estimate of drug-likeness (QED) is 0.0261. The predicted molar refractivity (Wildman–Crippen MR) is 339 cm³/mol. The lowest BCUT2D eigenvalue weighted by atomic mass is 10.0. The molecule has 0 bridgehead atoms. The van der Waals surface area contributed by atoms with Crippen molar-refractivity contribution in [1.29, 1.82) is 0 Å². The van der Waals surface area contributed by atoms with Gasteiger partial charge in [0.25, 0.3) is 0 Å². The molecule has 0 aliphatic carbocycles. The number of unbranched alkanes of at least 4 members (excludes halogenated alkanes) is 33. The fourth-order valence-corrected chi connectivity index (χ4v) is 9.36. The Balaban J connectivity index is 4.33. The molecule has 0 aromatic heterocycles. The Hall–Kier alpha value is -3.67. The van der Waals surface area contributed by atoms with Gasteiger partial charge in [-0.05, 0) is 103 Å². The number of rotatable bonds is 60. The second-order valence-corrected chi connectivity index (χ2v) is 22.0. The van der Waals surface area contributed by atoms with Crippen LogP contribution in [0, 0.1) is 0 Å². The predicted octanol–water partition coefficient (Wildman–Crippen LogP) is 22.8. The maximum atomic E-state index is 12.9. The lowest BCUT2D eigenvalue weighted by Crippen LogP contribution is -2.30. The largest absolute Gasteiger partial charge is 0.462 e. The van der Waals surface area contributed by atoms with E-state index in [9.17, 15) is 14.4 Å². The molecule has 6 heteroatoms. The number of esters is 3. The lowest BCUT2D eigenvalue weighted by molar-refractivity contribution is -0.167. The van der Waals surface area contributed by atoms with E-state index in [4.69, 9.17) is 14.2 Å². The summed E-state index contributed by atoms with van der Waals surface area (Å²) in [5.41, 5.74) is 0. The molecule has 0 rings (SSSR count). The Morgan fingerprint density at radius 3 is 0.821 bits per heavy atom. The van der Waals surface area contributed by atoms with Crippen LogP contribution in [-0.4, -0.2) is 37.2 Å². The van der Waals surface area contributed by atoms with Crippen LogP contribution in [0.15, 0.2) is 97.2 Å². The Morgan fingerprint density at radius 1 is 0.269 bits per heavy atom. The normalized spacial score (nSPS) is 12.7. The fourth-order valence-electron chi connectivity index (χ4n) is 9.36. The van der Waals surface area contributed by atoms with Crippen LogP contribution in [-0.2, 0) is 28.6 Å². The van der Waals surface area contributed by atoms with E-state index >= 15 is 0 Å². The van der Waals surface area contributed by atoms with Crippen LogP contribution in [0.2, 0.25) is 0 Å². The van der Waals surface area contributed by atoms with E-state index in [1.54, 1.807) is 0 Å². The highest BCUT2D eigenvalue weighted by molar-refractivity contribution is 5.71. The van der Waals surface area contributed by atoms with Crippen molar-refractivity contribution in [3.8, 4) is 0 Å². The minimum atomic E-state index is -0.789. The van der Waals surface area contributed by atoms with E-state index in [1.165, 1.54) is 154 Å². The molecule has 0 amide bonds. The van der Waals surface area contributed by atoms with Gasteiger partial charge in [-0.2, -0.15) is 0 Å². The molecule has 448 valence electrons. The number of carbonyl (C=O) groups excluding carboxylic acids is 3. The van der Waals surface area contributed by atoms with Gasteiger partial charge in [-0.1, -0.05) is 298 Å². The topological polar surface area (TPSA) is 78.9 Å². The van der Waals surface area contributed by atoms with Crippen LogP contribution in [0.25, 0.3) is 0 Å². The van der Waals surface area contributed by atoms with Crippen LogP contribution in [0.1, 0.15) is 323 Å². The van der Waals surface area contributed by atoms with E-state index in [1.807, 2.05) is 0 Å². The van der Waals surface area contributed by atoms with Gasteiger partial charge in [-0.3, -0.25) is 14.4 Å². The van der Waals surface area contributed by atoms with E-state index in [0.717, 1.165) is 128 Å². The third kappa shape index (κ3) is 63.2. The zero-order chi connectivity index (χ0) is 56.4. The summed E-state index contributed by atoms with van der Waals surface area (Å²) in [7, 11) is 0. The molecular formula is C72H124O6. The number of hydrogen-bond acceptors (Lipinski definition) is 6. The Labute approximate surface area is 483 Å². The van der Waals surface area contributed by atoms with Gasteiger partial charge in [0, 0.05) is 19.3 Å². The second-order valence-electron chi connectivity index (χ2n) is 22.0. The van der Waals surface area contributed by atoms with Crippen LogP contribution >= 0.6 is 0 Å². The zero-order valence-corrected chi connectivity index (χ0v) is 51.4. The monoisotopic (exact) mass is 1080 g/mol. The maximum absolute atomic E-state index is 12.9. The van der Waals surface area contributed by atoms with Crippen molar-refractivity contribution in [3.63, 3.8) is 0 Å². The lowest BCUT2D eigenvalue weighted by Gasteiger charge is -2.18. The molecule has 6 nitrogen and oxygen atoms in total. The fraction of sp³-hybridized carbons (Fsp3) is 0.736. The summed E-state index contributed by atoms with van der Waals surface area (Å²) in [5.74, 6) is -0.901. The molecule has 0 N–H and O–H groups in total. The summed E-state index contributed by atoms with van der Waals surface area (Å²) in [5, 5.41) is 0. The van der Waals surface area contributed by atoms with Crippen molar-refractivity contribution in [2.75, 3.05) is 13.2 Å². The highest BCUT2D eigenvalue weighted by Gasteiger charge is 2.19. The minimum absolute atomic E-state index is 0.0857. The first-order valence-electron chi connectivity index (χ1n) is 33.2. The van der Waals surface area contributed by atoms with Gasteiger partial charge in [0.15, 0.2) is 6.10 Å². The van der Waals surface area contributed by atoms with Crippen LogP contribution in [0.4, 0.5) is 0 Å². The zero-order valence-electron chi connectivity index (χ0n) is 51.4. The summed E-state index contributed by atoms with van der Waals surface area (Å²) in [6.45, 7) is 6.51. The number of ether oxygens (including phenoxy) is 3. The van der Waals surface area contributed by atoms with Crippen molar-refractivity contribution in [2.45, 2.75) is 329 Å². The third-order valence-electron chi connectivity index (χ3n) is 14.3. The van der Waals surface area contributed by atoms with E-state index in [2.05, 4.69) is 118 Å². The molecule has 78 heavy (non-hydrogen) atoms. The molecule has 0 aromatic rings. The summed E-state index contributed by atoms with van der Waals surface area (Å²) >= 11 is 0. The number of carbonyl (C=O) groups is 3. The molecule has 0 aliphatic rings.